The second-order valence-corrected chi connectivity index (χ2v) is 7.13. The molecule has 2 N–H and O–H groups in total. The first-order valence-corrected chi connectivity index (χ1v) is 8.94. The molecule has 1 aliphatic carbocycles. The summed E-state index contributed by atoms with van der Waals surface area (Å²) in [7, 11) is 0. The zero-order valence-electron chi connectivity index (χ0n) is 13.4. The molecule has 1 heterocycles. The predicted octanol–water partition coefficient (Wildman–Crippen LogP) is 4.04. The van der Waals surface area contributed by atoms with E-state index in [-0.39, 0.29) is 11.6 Å². The fourth-order valence-corrected chi connectivity index (χ4v) is 4.20. The third kappa shape index (κ3) is 3.51. The summed E-state index contributed by atoms with van der Waals surface area (Å²) in [6, 6.07) is -0.136. The molecule has 4 nitrogen and oxygen atoms in total. The summed E-state index contributed by atoms with van der Waals surface area (Å²) in [5, 5.41) is 4.47. The topological polar surface area (TPSA) is 53.1 Å². The molecule has 5 heteroatoms. The van der Waals surface area contributed by atoms with E-state index in [0.717, 1.165) is 36.0 Å². The van der Waals surface area contributed by atoms with Gasteiger partial charge in [-0.1, -0.05) is 26.7 Å². The van der Waals surface area contributed by atoms with Crippen molar-refractivity contribution in [3.63, 3.8) is 0 Å². The molecule has 0 radical (unpaired) electrons. The lowest BCUT2D eigenvalue weighted by atomic mass is 9.74. The van der Waals surface area contributed by atoms with Crippen molar-refractivity contribution < 1.29 is 4.74 Å². The van der Waals surface area contributed by atoms with E-state index in [2.05, 4.69) is 41.8 Å². The van der Waals surface area contributed by atoms with E-state index in [9.17, 15) is 0 Å². The van der Waals surface area contributed by atoms with Crippen LogP contribution in [0.15, 0.2) is 10.7 Å². The van der Waals surface area contributed by atoms with Gasteiger partial charge in [0.2, 0.25) is 0 Å². The molecule has 1 aromatic rings. The van der Waals surface area contributed by atoms with Gasteiger partial charge in [0.15, 0.2) is 0 Å². The number of hydrogen-bond acceptors (Lipinski definition) is 3. The van der Waals surface area contributed by atoms with Gasteiger partial charge in [0.25, 0.3) is 0 Å². The number of ether oxygens (including phenoxy) is 1. The highest BCUT2D eigenvalue weighted by Gasteiger charge is 2.43. The highest BCUT2D eigenvalue weighted by Crippen LogP contribution is 2.43. The van der Waals surface area contributed by atoms with Crippen LogP contribution in [0.5, 0.6) is 0 Å². The van der Waals surface area contributed by atoms with Gasteiger partial charge in [-0.2, -0.15) is 5.10 Å². The van der Waals surface area contributed by atoms with E-state index < -0.39 is 0 Å². The Hall–Kier alpha value is -0.390. The van der Waals surface area contributed by atoms with Crippen LogP contribution >= 0.6 is 15.9 Å². The standard InChI is InChI=1S/C16H28BrN3O/c1-4-9-20-14(13(17)11-19-20)15(18)16(21-5-2)8-6-7-12(3)10-16/h11-12,15H,4-10,18H2,1-3H3. The Kier molecular flexibility index (Phi) is 5.86. The molecule has 1 aromatic heterocycles. The minimum atomic E-state index is -0.250. The van der Waals surface area contributed by atoms with Crippen LogP contribution in [0.25, 0.3) is 0 Å². The molecule has 0 bridgehead atoms. The number of nitrogens with two attached hydrogens (primary N) is 1. The maximum atomic E-state index is 6.71. The first kappa shape index (κ1) is 17.0. The molecule has 1 aliphatic rings. The van der Waals surface area contributed by atoms with Gasteiger partial charge in [-0.25, -0.2) is 0 Å². The van der Waals surface area contributed by atoms with E-state index in [1.165, 1.54) is 12.8 Å². The zero-order valence-corrected chi connectivity index (χ0v) is 15.0. The zero-order chi connectivity index (χ0) is 15.5. The molecule has 0 amide bonds. The second-order valence-electron chi connectivity index (χ2n) is 6.28. The molecule has 0 saturated heterocycles. The first-order chi connectivity index (χ1) is 10.0. The van der Waals surface area contributed by atoms with Crippen LogP contribution in [0.2, 0.25) is 0 Å². The molecular formula is C16H28BrN3O. The van der Waals surface area contributed by atoms with Crippen molar-refractivity contribution in [1.82, 2.24) is 9.78 Å². The summed E-state index contributed by atoms with van der Waals surface area (Å²) in [4.78, 5) is 0. The van der Waals surface area contributed by atoms with Gasteiger partial charge in [-0.3, -0.25) is 4.68 Å². The van der Waals surface area contributed by atoms with Gasteiger partial charge in [-0.15, -0.1) is 0 Å². The summed E-state index contributed by atoms with van der Waals surface area (Å²) in [5.41, 5.74) is 7.55. The lowest BCUT2D eigenvalue weighted by Crippen LogP contribution is -2.48. The van der Waals surface area contributed by atoms with Crippen molar-refractivity contribution in [2.24, 2.45) is 11.7 Å². The molecule has 3 unspecified atom stereocenters. The number of aromatic nitrogens is 2. The van der Waals surface area contributed by atoms with Gasteiger partial charge >= 0.3 is 0 Å². The van der Waals surface area contributed by atoms with Crippen molar-refractivity contribution >= 4 is 15.9 Å². The Morgan fingerprint density at radius 3 is 2.95 bits per heavy atom. The smallest absolute Gasteiger partial charge is 0.0892 e. The summed E-state index contributed by atoms with van der Waals surface area (Å²) < 4.78 is 9.26. The van der Waals surface area contributed by atoms with Gasteiger partial charge in [0, 0.05) is 13.2 Å². The van der Waals surface area contributed by atoms with Crippen molar-refractivity contribution in [1.29, 1.82) is 0 Å². The fourth-order valence-electron chi connectivity index (χ4n) is 3.65. The first-order valence-electron chi connectivity index (χ1n) is 8.14. The fraction of sp³-hybridized carbons (Fsp3) is 0.812. The van der Waals surface area contributed by atoms with Crippen LogP contribution in [0.4, 0.5) is 0 Å². The van der Waals surface area contributed by atoms with Crippen LogP contribution in [0, 0.1) is 5.92 Å². The molecule has 0 aliphatic heterocycles. The molecule has 3 atom stereocenters. The normalized spacial score (nSPS) is 27.8. The van der Waals surface area contributed by atoms with Crippen LogP contribution in [0.3, 0.4) is 0 Å². The van der Waals surface area contributed by atoms with E-state index in [1.54, 1.807) is 0 Å². The predicted molar refractivity (Wildman–Crippen MR) is 89.1 cm³/mol. The molecule has 0 aromatic carbocycles. The Morgan fingerprint density at radius 2 is 2.33 bits per heavy atom. The summed E-state index contributed by atoms with van der Waals surface area (Å²) in [6.45, 7) is 8.13. The summed E-state index contributed by atoms with van der Waals surface area (Å²) in [5.74, 6) is 0.665. The van der Waals surface area contributed by atoms with Gasteiger partial charge < -0.3 is 10.5 Å². The molecule has 0 spiro atoms. The van der Waals surface area contributed by atoms with E-state index in [0.29, 0.717) is 12.5 Å². The lowest BCUT2D eigenvalue weighted by Gasteiger charge is -2.44. The summed E-state index contributed by atoms with van der Waals surface area (Å²) in [6.07, 6.45) is 7.44. The maximum Gasteiger partial charge on any atom is 0.0892 e. The van der Waals surface area contributed by atoms with Crippen LogP contribution < -0.4 is 5.73 Å². The molecule has 1 saturated carbocycles. The van der Waals surface area contributed by atoms with Crippen LogP contribution in [0.1, 0.15) is 64.6 Å². The average Bonchev–Trinajstić information content (AvgIpc) is 2.80. The molecule has 1 fully saturated rings. The van der Waals surface area contributed by atoms with Gasteiger partial charge in [0.05, 0.1) is 28.0 Å². The molecule has 120 valence electrons. The Bertz CT molecular complexity index is 458. The van der Waals surface area contributed by atoms with Gasteiger partial charge in [-0.05, 0) is 48.0 Å². The third-order valence-corrected chi connectivity index (χ3v) is 5.16. The number of aryl methyl sites for hydroxylation is 1. The summed E-state index contributed by atoms with van der Waals surface area (Å²) >= 11 is 3.63. The largest absolute Gasteiger partial charge is 0.373 e. The van der Waals surface area contributed by atoms with Crippen molar-refractivity contribution in [3.05, 3.63) is 16.4 Å². The quantitative estimate of drug-likeness (QED) is 0.835. The molecular weight excluding hydrogens is 330 g/mol. The number of hydrogen-bond donors (Lipinski definition) is 1. The lowest BCUT2D eigenvalue weighted by molar-refractivity contribution is -0.0954. The highest BCUT2D eigenvalue weighted by atomic mass is 79.9. The van der Waals surface area contributed by atoms with Crippen molar-refractivity contribution in [2.75, 3.05) is 6.61 Å². The second kappa shape index (κ2) is 7.25. The highest BCUT2D eigenvalue weighted by molar-refractivity contribution is 9.10. The Labute approximate surface area is 136 Å². The van der Waals surface area contributed by atoms with Crippen molar-refractivity contribution in [3.8, 4) is 0 Å². The average molecular weight is 358 g/mol. The van der Waals surface area contributed by atoms with E-state index >= 15 is 0 Å². The number of nitrogens with zero attached hydrogens (tertiary/aromatic N) is 2. The minimum Gasteiger partial charge on any atom is -0.373 e. The maximum absolute atomic E-state index is 6.71. The Balaban J connectivity index is 2.34. The minimum absolute atomic E-state index is 0.136. The van der Waals surface area contributed by atoms with Crippen LogP contribution in [-0.4, -0.2) is 22.0 Å². The SMILES string of the molecule is CCCn1ncc(Br)c1C(N)C1(OCC)CCCC(C)C1. The van der Waals surface area contributed by atoms with Gasteiger partial charge in [0.1, 0.15) is 0 Å². The molecule has 21 heavy (non-hydrogen) atoms. The molecule has 2 rings (SSSR count). The van der Waals surface area contributed by atoms with E-state index in [4.69, 9.17) is 10.5 Å². The van der Waals surface area contributed by atoms with Crippen molar-refractivity contribution in [2.45, 2.75) is 71.1 Å². The van der Waals surface area contributed by atoms with E-state index in [1.807, 2.05) is 10.9 Å². The Morgan fingerprint density at radius 1 is 1.57 bits per heavy atom. The third-order valence-electron chi connectivity index (χ3n) is 4.55. The van der Waals surface area contributed by atoms with Crippen LogP contribution in [-0.2, 0) is 11.3 Å². The number of halogens is 1. The number of rotatable bonds is 6. The monoisotopic (exact) mass is 357 g/mol.